The van der Waals surface area contributed by atoms with E-state index >= 15 is 0 Å². The molecule has 0 rings (SSSR count). The smallest absolute Gasteiger partial charge is 0.0363 e. The summed E-state index contributed by atoms with van der Waals surface area (Å²) < 4.78 is 0. The monoisotopic (exact) mass is 310 g/mol. The standard InChI is InChI=1S/C22H46/c1-7-9-10-11-12-13-14-15-16-17-18-20(5)22(8-2)21(6)19(3)4/h19-22H,7-18H2,1-6H3. The molecule has 0 bridgehead atoms. The molecule has 0 aromatic rings. The van der Waals surface area contributed by atoms with Crippen LogP contribution in [0.3, 0.4) is 0 Å². The van der Waals surface area contributed by atoms with Gasteiger partial charge in [0.1, 0.15) is 0 Å². The molecule has 3 unspecified atom stereocenters. The molecule has 3 atom stereocenters. The van der Waals surface area contributed by atoms with Crippen LogP contribution in [0.2, 0.25) is 0 Å². The zero-order valence-corrected chi connectivity index (χ0v) is 16.8. The van der Waals surface area contributed by atoms with Crippen molar-refractivity contribution in [3.63, 3.8) is 0 Å². The third-order valence-electron chi connectivity index (χ3n) is 5.94. The highest BCUT2D eigenvalue weighted by atomic mass is 14.3. The molecule has 0 saturated carbocycles. The van der Waals surface area contributed by atoms with Crippen molar-refractivity contribution in [2.75, 3.05) is 0 Å². The van der Waals surface area contributed by atoms with Crippen LogP contribution in [-0.4, -0.2) is 0 Å². The van der Waals surface area contributed by atoms with Gasteiger partial charge in [-0.15, -0.1) is 0 Å². The molecule has 22 heavy (non-hydrogen) atoms. The first kappa shape index (κ1) is 22.0. The van der Waals surface area contributed by atoms with Gasteiger partial charge in [0.2, 0.25) is 0 Å². The van der Waals surface area contributed by atoms with Gasteiger partial charge in [0.25, 0.3) is 0 Å². The Labute approximate surface area is 142 Å². The van der Waals surface area contributed by atoms with Crippen molar-refractivity contribution in [2.24, 2.45) is 23.7 Å². The van der Waals surface area contributed by atoms with Crippen molar-refractivity contribution in [3.8, 4) is 0 Å². The summed E-state index contributed by atoms with van der Waals surface area (Å²) >= 11 is 0. The maximum absolute atomic E-state index is 2.50. The van der Waals surface area contributed by atoms with Gasteiger partial charge in [-0.05, 0) is 23.7 Å². The van der Waals surface area contributed by atoms with E-state index in [4.69, 9.17) is 0 Å². The summed E-state index contributed by atoms with van der Waals surface area (Å²) in [6.07, 6.45) is 17.3. The van der Waals surface area contributed by atoms with E-state index in [1.165, 1.54) is 77.0 Å². The highest BCUT2D eigenvalue weighted by molar-refractivity contribution is 4.73. The molecule has 0 aliphatic carbocycles. The molecule has 0 aromatic heterocycles. The number of unbranched alkanes of at least 4 members (excludes halogenated alkanes) is 9. The van der Waals surface area contributed by atoms with Crippen LogP contribution in [0.4, 0.5) is 0 Å². The van der Waals surface area contributed by atoms with Crippen LogP contribution in [-0.2, 0) is 0 Å². The van der Waals surface area contributed by atoms with Gasteiger partial charge in [0, 0.05) is 0 Å². The summed E-state index contributed by atoms with van der Waals surface area (Å²) in [5, 5.41) is 0. The molecule has 0 aromatic carbocycles. The average Bonchev–Trinajstić information content (AvgIpc) is 2.49. The van der Waals surface area contributed by atoms with Crippen LogP contribution in [0.25, 0.3) is 0 Å². The van der Waals surface area contributed by atoms with Gasteiger partial charge in [-0.25, -0.2) is 0 Å². The molecule has 0 aliphatic rings. The van der Waals surface area contributed by atoms with E-state index in [-0.39, 0.29) is 0 Å². The van der Waals surface area contributed by atoms with Gasteiger partial charge in [0.15, 0.2) is 0 Å². The fourth-order valence-electron chi connectivity index (χ4n) is 3.95. The van der Waals surface area contributed by atoms with Gasteiger partial charge < -0.3 is 0 Å². The molecular weight excluding hydrogens is 264 g/mol. The van der Waals surface area contributed by atoms with Crippen LogP contribution >= 0.6 is 0 Å². The Bertz CT molecular complexity index is 218. The molecule has 0 fully saturated rings. The highest BCUT2D eigenvalue weighted by Gasteiger charge is 2.23. The topological polar surface area (TPSA) is 0 Å². The summed E-state index contributed by atoms with van der Waals surface area (Å²) in [5.74, 6) is 3.55. The van der Waals surface area contributed by atoms with E-state index < -0.39 is 0 Å². The van der Waals surface area contributed by atoms with Crippen LogP contribution < -0.4 is 0 Å². The first-order valence-corrected chi connectivity index (χ1v) is 10.5. The minimum atomic E-state index is 0.833. The van der Waals surface area contributed by atoms with Gasteiger partial charge in [0.05, 0.1) is 0 Å². The van der Waals surface area contributed by atoms with Gasteiger partial charge in [-0.2, -0.15) is 0 Å². The quantitative estimate of drug-likeness (QED) is 0.267. The summed E-state index contributed by atoms with van der Waals surface area (Å²) in [6.45, 7) is 14.4. The molecule has 0 aliphatic heterocycles. The molecule has 0 nitrogen and oxygen atoms in total. The Hall–Kier alpha value is 0. The predicted molar refractivity (Wildman–Crippen MR) is 103 cm³/mol. The lowest BCUT2D eigenvalue weighted by molar-refractivity contribution is 0.186. The first-order chi connectivity index (χ1) is 10.5. The Kier molecular flexibility index (Phi) is 14.6. The Balaban J connectivity index is 3.57. The van der Waals surface area contributed by atoms with E-state index in [9.17, 15) is 0 Å². The van der Waals surface area contributed by atoms with Crippen molar-refractivity contribution >= 4 is 0 Å². The molecule has 0 amide bonds. The minimum Gasteiger partial charge on any atom is -0.0654 e. The lowest BCUT2D eigenvalue weighted by atomic mass is 9.74. The van der Waals surface area contributed by atoms with Crippen molar-refractivity contribution in [3.05, 3.63) is 0 Å². The molecule has 0 heteroatoms. The Morgan fingerprint density at radius 2 is 1.05 bits per heavy atom. The number of hydrogen-bond acceptors (Lipinski definition) is 0. The maximum Gasteiger partial charge on any atom is -0.0363 e. The molecular formula is C22H46. The second kappa shape index (κ2) is 14.6. The van der Waals surface area contributed by atoms with E-state index in [0.717, 1.165) is 23.7 Å². The van der Waals surface area contributed by atoms with Crippen LogP contribution in [0, 0.1) is 23.7 Å². The van der Waals surface area contributed by atoms with E-state index in [1.54, 1.807) is 0 Å². The lowest BCUT2D eigenvalue weighted by Gasteiger charge is -2.31. The second-order valence-electron chi connectivity index (χ2n) is 8.12. The zero-order valence-electron chi connectivity index (χ0n) is 16.8. The Morgan fingerprint density at radius 1 is 0.591 bits per heavy atom. The van der Waals surface area contributed by atoms with Crippen molar-refractivity contribution < 1.29 is 0 Å². The average molecular weight is 311 g/mol. The molecule has 134 valence electrons. The minimum absolute atomic E-state index is 0.833. The molecule has 0 heterocycles. The zero-order chi connectivity index (χ0) is 16.8. The van der Waals surface area contributed by atoms with Gasteiger partial charge >= 0.3 is 0 Å². The second-order valence-corrected chi connectivity index (χ2v) is 8.12. The van der Waals surface area contributed by atoms with Crippen LogP contribution in [0.1, 0.15) is 119 Å². The summed E-state index contributed by atoms with van der Waals surface area (Å²) in [6, 6.07) is 0. The molecule has 0 radical (unpaired) electrons. The molecule has 0 saturated heterocycles. The largest absolute Gasteiger partial charge is 0.0654 e. The fraction of sp³-hybridized carbons (Fsp3) is 1.00. The summed E-state index contributed by atoms with van der Waals surface area (Å²) in [4.78, 5) is 0. The highest BCUT2D eigenvalue weighted by Crippen LogP contribution is 2.32. The Morgan fingerprint density at radius 3 is 1.45 bits per heavy atom. The van der Waals surface area contributed by atoms with E-state index in [0.29, 0.717) is 0 Å². The van der Waals surface area contributed by atoms with Crippen molar-refractivity contribution in [1.29, 1.82) is 0 Å². The van der Waals surface area contributed by atoms with Crippen molar-refractivity contribution in [2.45, 2.75) is 119 Å². The molecule has 0 N–H and O–H groups in total. The van der Waals surface area contributed by atoms with E-state index in [1.807, 2.05) is 0 Å². The lowest BCUT2D eigenvalue weighted by Crippen LogP contribution is -2.23. The third-order valence-corrected chi connectivity index (χ3v) is 5.94. The third kappa shape index (κ3) is 10.7. The van der Waals surface area contributed by atoms with Gasteiger partial charge in [-0.3, -0.25) is 0 Å². The van der Waals surface area contributed by atoms with Crippen LogP contribution in [0.5, 0.6) is 0 Å². The van der Waals surface area contributed by atoms with Crippen LogP contribution in [0.15, 0.2) is 0 Å². The number of rotatable bonds is 15. The molecule has 0 spiro atoms. The fourth-order valence-corrected chi connectivity index (χ4v) is 3.95. The SMILES string of the molecule is CCCCCCCCCCCCC(C)C(CC)C(C)C(C)C. The predicted octanol–water partition coefficient (Wildman–Crippen LogP) is 8.25. The normalized spacial score (nSPS) is 16.0. The number of hydrogen-bond donors (Lipinski definition) is 0. The summed E-state index contributed by atoms with van der Waals surface area (Å²) in [7, 11) is 0. The van der Waals surface area contributed by atoms with Crippen molar-refractivity contribution in [1.82, 2.24) is 0 Å². The summed E-state index contributed by atoms with van der Waals surface area (Å²) in [5.41, 5.74) is 0. The maximum atomic E-state index is 2.50. The van der Waals surface area contributed by atoms with E-state index in [2.05, 4.69) is 41.5 Å². The van der Waals surface area contributed by atoms with Gasteiger partial charge in [-0.1, -0.05) is 119 Å². The first-order valence-electron chi connectivity index (χ1n) is 10.5.